The number of allylic oxidation sites excluding steroid dienone is 1. The molecule has 0 aliphatic carbocycles. The van der Waals surface area contributed by atoms with E-state index in [1.54, 1.807) is 54.6 Å². The van der Waals surface area contributed by atoms with Gasteiger partial charge in [0.1, 0.15) is 11.5 Å². The van der Waals surface area contributed by atoms with Crippen LogP contribution in [0.3, 0.4) is 0 Å². The molecular formula is C22H16O4. The predicted octanol–water partition coefficient (Wildman–Crippen LogP) is 4.41. The number of carbonyl (C=O) groups excluding carboxylic acids is 2. The molecule has 0 heterocycles. The first kappa shape index (κ1) is 17.2. The highest BCUT2D eigenvalue weighted by molar-refractivity contribution is 6.11. The number of hydrogen-bond acceptors (Lipinski definition) is 4. The van der Waals surface area contributed by atoms with Crippen LogP contribution in [0.15, 0.2) is 84.9 Å². The highest BCUT2D eigenvalue weighted by Crippen LogP contribution is 2.20. The lowest BCUT2D eigenvalue weighted by Gasteiger charge is -2.05. The first-order valence-corrected chi connectivity index (χ1v) is 7.99. The van der Waals surface area contributed by atoms with Crippen molar-refractivity contribution in [3.63, 3.8) is 0 Å². The minimum absolute atomic E-state index is 0.0931. The summed E-state index contributed by atoms with van der Waals surface area (Å²) >= 11 is 0. The number of aliphatic hydroxyl groups excluding tert-OH is 1. The lowest BCUT2D eigenvalue weighted by Crippen LogP contribution is -2.02. The van der Waals surface area contributed by atoms with Crippen LogP contribution in [-0.2, 0) is 0 Å². The van der Waals surface area contributed by atoms with Gasteiger partial charge in [-0.3, -0.25) is 9.59 Å². The quantitative estimate of drug-likeness (QED) is 0.408. The molecule has 0 fully saturated rings. The average molecular weight is 344 g/mol. The number of para-hydroxylation sites is 1. The van der Waals surface area contributed by atoms with Crippen molar-refractivity contribution in [1.82, 2.24) is 0 Å². The molecule has 0 unspecified atom stereocenters. The van der Waals surface area contributed by atoms with Gasteiger partial charge in [-0.2, -0.15) is 0 Å². The van der Waals surface area contributed by atoms with Gasteiger partial charge in [-0.1, -0.05) is 60.7 Å². The summed E-state index contributed by atoms with van der Waals surface area (Å²) in [5, 5.41) is 20.0. The molecule has 2 N–H and O–H groups in total. The van der Waals surface area contributed by atoms with Crippen molar-refractivity contribution in [3.8, 4) is 5.75 Å². The monoisotopic (exact) mass is 344 g/mol. The van der Waals surface area contributed by atoms with Gasteiger partial charge in [-0.15, -0.1) is 0 Å². The molecule has 0 bridgehead atoms. The second-order valence-corrected chi connectivity index (χ2v) is 5.69. The number of benzene rings is 3. The van der Waals surface area contributed by atoms with E-state index in [1.807, 2.05) is 6.07 Å². The Morgan fingerprint density at radius 1 is 0.731 bits per heavy atom. The zero-order valence-corrected chi connectivity index (χ0v) is 13.8. The Balaban J connectivity index is 1.89. The van der Waals surface area contributed by atoms with Gasteiger partial charge in [0.2, 0.25) is 0 Å². The molecule has 4 heteroatoms. The molecule has 3 aromatic rings. The number of hydrogen-bond donors (Lipinski definition) is 2. The molecule has 0 amide bonds. The van der Waals surface area contributed by atoms with E-state index < -0.39 is 5.78 Å². The number of rotatable bonds is 5. The molecule has 0 aromatic heterocycles. The first-order valence-electron chi connectivity index (χ1n) is 7.99. The van der Waals surface area contributed by atoms with Gasteiger partial charge in [0.25, 0.3) is 0 Å². The van der Waals surface area contributed by atoms with Crippen molar-refractivity contribution in [2.75, 3.05) is 0 Å². The Hall–Kier alpha value is -3.66. The molecule has 26 heavy (non-hydrogen) atoms. The molecule has 0 saturated heterocycles. The molecule has 3 rings (SSSR count). The third-order valence-corrected chi connectivity index (χ3v) is 3.89. The zero-order valence-electron chi connectivity index (χ0n) is 13.8. The van der Waals surface area contributed by atoms with Crippen LogP contribution in [0.5, 0.6) is 5.75 Å². The SMILES string of the molecule is O=C(c1ccccc1)c1cccc(/C(O)=C/C(=O)c2ccccc2O)c1. The molecule has 0 aliphatic heterocycles. The Labute approximate surface area is 150 Å². The summed E-state index contributed by atoms with van der Waals surface area (Å²) in [6, 6.07) is 21.3. The minimum atomic E-state index is -0.527. The normalized spacial score (nSPS) is 11.2. The lowest BCUT2D eigenvalue weighted by atomic mass is 10.00. The van der Waals surface area contributed by atoms with Crippen molar-refractivity contribution in [2.45, 2.75) is 0 Å². The van der Waals surface area contributed by atoms with Gasteiger partial charge >= 0.3 is 0 Å². The third kappa shape index (κ3) is 3.70. The summed E-state index contributed by atoms with van der Waals surface area (Å²) in [5.41, 5.74) is 1.38. The Morgan fingerprint density at radius 2 is 1.35 bits per heavy atom. The van der Waals surface area contributed by atoms with Crippen molar-refractivity contribution < 1.29 is 19.8 Å². The fraction of sp³-hybridized carbons (Fsp3) is 0. The molecule has 0 radical (unpaired) electrons. The van der Waals surface area contributed by atoms with E-state index in [-0.39, 0.29) is 22.9 Å². The number of carbonyl (C=O) groups is 2. The van der Waals surface area contributed by atoms with Gasteiger partial charge in [-0.05, 0) is 18.2 Å². The second kappa shape index (κ2) is 7.49. The van der Waals surface area contributed by atoms with E-state index in [4.69, 9.17) is 0 Å². The lowest BCUT2D eigenvalue weighted by molar-refractivity contribution is 0.103. The van der Waals surface area contributed by atoms with E-state index in [2.05, 4.69) is 0 Å². The topological polar surface area (TPSA) is 74.6 Å². The van der Waals surface area contributed by atoms with Crippen LogP contribution in [0.1, 0.15) is 31.8 Å². The molecule has 0 atom stereocenters. The summed E-state index contributed by atoms with van der Waals surface area (Å²) in [4.78, 5) is 24.7. The predicted molar refractivity (Wildman–Crippen MR) is 99.4 cm³/mol. The van der Waals surface area contributed by atoms with Gasteiger partial charge in [0, 0.05) is 22.8 Å². The zero-order chi connectivity index (χ0) is 18.5. The van der Waals surface area contributed by atoms with Gasteiger partial charge < -0.3 is 10.2 Å². The van der Waals surface area contributed by atoms with Crippen LogP contribution in [0.4, 0.5) is 0 Å². The number of aliphatic hydroxyl groups is 1. The van der Waals surface area contributed by atoms with Gasteiger partial charge in [0.15, 0.2) is 11.6 Å². The average Bonchev–Trinajstić information content (AvgIpc) is 2.68. The highest BCUT2D eigenvalue weighted by atomic mass is 16.3. The fourth-order valence-electron chi connectivity index (χ4n) is 2.54. The maximum absolute atomic E-state index is 12.5. The molecule has 4 nitrogen and oxygen atoms in total. The number of ketones is 2. The third-order valence-electron chi connectivity index (χ3n) is 3.89. The molecule has 128 valence electrons. The van der Waals surface area contributed by atoms with Crippen LogP contribution >= 0.6 is 0 Å². The van der Waals surface area contributed by atoms with Gasteiger partial charge in [0.05, 0.1) is 5.56 Å². The summed E-state index contributed by atoms with van der Waals surface area (Å²) in [6.07, 6.45) is 1.03. The Morgan fingerprint density at radius 3 is 2.08 bits per heavy atom. The minimum Gasteiger partial charge on any atom is -0.507 e. The maximum atomic E-state index is 12.5. The van der Waals surface area contributed by atoms with E-state index in [0.717, 1.165) is 6.08 Å². The molecule has 0 spiro atoms. The van der Waals surface area contributed by atoms with Crippen LogP contribution in [-0.4, -0.2) is 21.8 Å². The number of aromatic hydroxyl groups is 1. The molecule has 0 saturated carbocycles. The number of phenolic OH excluding ortho intramolecular Hbond substituents is 1. The smallest absolute Gasteiger partial charge is 0.193 e. The van der Waals surface area contributed by atoms with E-state index in [0.29, 0.717) is 16.7 Å². The summed E-state index contributed by atoms with van der Waals surface area (Å²) in [6.45, 7) is 0. The number of phenols is 1. The molecular weight excluding hydrogens is 328 g/mol. The van der Waals surface area contributed by atoms with Crippen LogP contribution in [0.25, 0.3) is 5.76 Å². The highest BCUT2D eigenvalue weighted by Gasteiger charge is 2.13. The molecule has 3 aromatic carbocycles. The van der Waals surface area contributed by atoms with Gasteiger partial charge in [-0.25, -0.2) is 0 Å². The fourth-order valence-corrected chi connectivity index (χ4v) is 2.54. The second-order valence-electron chi connectivity index (χ2n) is 5.69. The van der Waals surface area contributed by atoms with Crippen LogP contribution < -0.4 is 0 Å². The van der Waals surface area contributed by atoms with E-state index >= 15 is 0 Å². The van der Waals surface area contributed by atoms with Crippen LogP contribution in [0, 0.1) is 0 Å². The summed E-state index contributed by atoms with van der Waals surface area (Å²) in [5.74, 6) is -1.14. The Kier molecular flexibility index (Phi) is 4.94. The first-order chi connectivity index (χ1) is 12.6. The summed E-state index contributed by atoms with van der Waals surface area (Å²) < 4.78 is 0. The van der Waals surface area contributed by atoms with E-state index in [9.17, 15) is 19.8 Å². The van der Waals surface area contributed by atoms with Crippen molar-refractivity contribution in [3.05, 3.63) is 107 Å². The Bertz CT molecular complexity index is 988. The molecule has 0 aliphatic rings. The van der Waals surface area contributed by atoms with Crippen molar-refractivity contribution in [2.24, 2.45) is 0 Å². The largest absolute Gasteiger partial charge is 0.507 e. The standard InChI is InChI=1S/C22H16O4/c23-19-12-5-4-11-18(19)21(25)14-20(24)16-9-6-10-17(13-16)22(26)15-7-2-1-3-8-15/h1-14,23-24H/b20-14-. The summed E-state index contributed by atoms with van der Waals surface area (Å²) in [7, 11) is 0. The van der Waals surface area contributed by atoms with Crippen molar-refractivity contribution in [1.29, 1.82) is 0 Å². The van der Waals surface area contributed by atoms with E-state index in [1.165, 1.54) is 18.2 Å². The van der Waals surface area contributed by atoms with Crippen LogP contribution in [0.2, 0.25) is 0 Å². The maximum Gasteiger partial charge on any atom is 0.193 e. The van der Waals surface area contributed by atoms with Crippen molar-refractivity contribution >= 4 is 17.3 Å².